The van der Waals surface area contributed by atoms with E-state index in [4.69, 9.17) is 0 Å². The van der Waals surface area contributed by atoms with Crippen LogP contribution in [0.5, 0.6) is 0 Å². The van der Waals surface area contributed by atoms with Crippen molar-refractivity contribution < 1.29 is 45.6 Å². The Balaban J connectivity index is 2.67. The van der Waals surface area contributed by atoms with Crippen molar-refractivity contribution in [3.8, 4) is 0 Å². The molecule has 0 saturated heterocycles. The fraction of sp³-hybridized carbons (Fsp3) is 0.625. The van der Waals surface area contributed by atoms with Crippen molar-refractivity contribution >= 4 is 28.2 Å². The average molecular weight is 448 g/mol. The third-order valence-corrected chi connectivity index (χ3v) is 5.69. The summed E-state index contributed by atoms with van der Waals surface area (Å²) in [7, 11) is 2.79. The van der Waals surface area contributed by atoms with Crippen molar-refractivity contribution in [3.63, 3.8) is 0 Å². The third-order valence-electron chi connectivity index (χ3n) is 4.54. The Morgan fingerprint density at radius 2 is 1.76 bits per heavy atom. The molecule has 2 rings (SSSR count). The molecule has 1 amide bonds. The number of likely N-dealkylation sites (N-methyl/N-ethyl adjacent to an activating group) is 1. The molecule has 13 heteroatoms. The van der Waals surface area contributed by atoms with Crippen molar-refractivity contribution in [1.29, 1.82) is 0 Å². The fourth-order valence-corrected chi connectivity index (χ4v) is 4.37. The molecule has 0 fully saturated rings. The number of hydrogen-bond donors (Lipinski definition) is 3. The number of alkyl halides is 6. The lowest BCUT2D eigenvalue weighted by Crippen LogP contribution is -3.08. The monoisotopic (exact) mass is 448 g/mol. The van der Waals surface area contributed by atoms with E-state index in [0.29, 0.717) is 34.9 Å². The predicted molar refractivity (Wildman–Crippen MR) is 91.7 cm³/mol. The van der Waals surface area contributed by atoms with E-state index in [-0.39, 0.29) is 12.0 Å². The molecule has 0 saturated carbocycles. The number of carbonyl (C=O) groups excluding carboxylic acids is 2. The van der Waals surface area contributed by atoms with Crippen LogP contribution in [-0.2, 0) is 22.5 Å². The number of ether oxygens (including phenoxy) is 1. The van der Waals surface area contributed by atoms with E-state index in [2.05, 4.69) is 4.74 Å². The van der Waals surface area contributed by atoms with Gasteiger partial charge in [0.1, 0.15) is 11.5 Å². The summed E-state index contributed by atoms with van der Waals surface area (Å²) in [4.78, 5) is 25.2. The first kappa shape index (κ1) is 23.3. The maximum absolute atomic E-state index is 13.7. The van der Waals surface area contributed by atoms with E-state index in [1.807, 2.05) is 7.05 Å². The van der Waals surface area contributed by atoms with E-state index in [1.165, 1.54) is 5.32 Å². The molecule has 29 heavy (non-hydrogen) atoms. The zero-order chi connectivity index (χ0) is 22.2. The molecule has 1 atom stereocenters. The average Bonchev–Trinajstić information content (AvgIpc) is 2.95. The molecule has 1 aliphatic heterocycles. The van der Waals surface area contributed by atoms with Crippen LogP contribution in [0.1, 0.15) is 34.1 Å². The Bertz CT molecular complexity index is 776. The second-order valence-electron chi connectivity index (χ2n) is 6.61. The van der Waals surface area contributed by atoms with Gasteiger partial charge < -0.3 is 20.3 Å². The maximum atomic E-state index is 13.7. The van der Waals surface area contributed by atoms with Crippen LogP contribution >= 0.6 is 11.3 Å². The van der Waals surface area contributed by atoms with Crippen molar-refractivity contribution in [3.05, 3.63) is 16.0 Å². The first-order valence-corrected chi connectivity index (χ1v) is 9.35. The zero-order valence-corrected chi connectivity index (χ0v) is 16.5. The van der Waals surface area contributed by atoms with Gasteiger partial charge in [-0.3, -0.25) is 4.79 Å². The van der Waals surface area contributed by atoms with E-state index < -0.39 is 41.3 Å². The van der Waals surface area contributed by atoms with Gasteiger partial charge in [0.05, 0.1) is 31.1 Å². The lowest BCUT2D eigenvalue weighted by Gasteiger charge is -2.38. The Labute approximate surface area is 166 Å². The van der Waals surface area contributed by atoms with Crippen LogP contribution in [0.3, 0.4) is 0 Å². The lowest BCUT2D eigenvalue weighted by atomic mass is 10.0. The van der Waals surface area contributed by atoms with Gasteiger partial charge in [0.15, 0.2) is 0 Å². The van der Waals surface area contributed by atoms with Gasteiger partial charge in [-0.25, -0.2) is 4.79 Å². The highest BCUT2D eigenvalue weighted by molar-refractivity contribution is 7.16. The summed E-state index contributed by atoms with van der Waals surface area (Å²) < 4.78 is 86.8. The first-order valence-electron chi connectivity index (χ1n) is 8.54. The molecule has 0 aliphatic carbocycles. The molecule has 0 spiro atoms. The van der Waals surface area contributed by atoms with Gasteiger partial charge in [0.25, 0.3) is 0 Å². The Kier molecular flexibility index (Phi) is 6.43. The van der Waals surface area contributed by atoms with Crippen molar-refractivity contribution in [1.82, 2.24) is 5.32 Å². The highest BCUT2D eigenvalue weighted by Gasteiger charge is 2.73. The molecule has 1 aromatic heterocycles. The van der Waals surface area contributed by atoms with Crippen LogP contribution in [-0.4, -0.2) is 50.6 Å². The zero-order valence-electron chi connectivity index (χ0n) is 15.7. The molecule has 6 nitrogen and oxygen atoms in total. The van der Waals surface area contributed by atoms with Gasteiger partial charge in [-0.2, -0.15) is 26.3 Å². The predicted octanol–water partition coefficient (Wildman–Crippen LogP) is 1.86. The van der Waals surface area contributed by atoms with Crippen LogP contribution in [0.15, 0.2) is 0 Å². The molecule has 2 heterocycles. The van der Waals surface area contributed by atoms with Crippen LogP contribution in [0, 0.1) is 0 Å². The minimum atomic E-state index is -5.95. The molecule has 1 aliphatic rings. The molecule has 0 bridgehead atoms. The first-order chi connectivity index (χ1) is 13.3. The highest BCUT2D eigenvalue weighted by Crippen LogP contribution is 2.46. The van der Waals surface area contributed by atoms with Crippen molar-refractivity contribution in [2.75, 3.05) is 26.0 Å². The van der Waals surface area contributed by atoms with Gasteiger partial charge >= 0.3 is 24.0 Å². The number of halogens is 6. The standard InChI is InChI=1S/C16H19F6N3O3S/c1-4-10(26)23-14(15(17,18)19,16(20,21)22)24-12-11(13(27)28-3)8-5-6-25(2)7-9(8)29-12/h24H,4-7H2,1-3H3,(H,23,26)/p+1. The number of hydrogen-bond acceptors (Lipinski definition) is 5. The molecular weight excluding hydrogens is 428 g/mol. The number of thiophene rings is 1. The number of fused-ring (bicyclic) bond motifs is 1. The maximum Gasteiger partial charge on any atom is 0.439 e. The number of nitrogens with one attached hydrogen (secondary N) is 3. The summed E-state index contributed by atoms with van der Waals surface area (Å²) in [6, 6.07) is 0. The molecule has 1 aromatic rings. The molecule has 0 radical (unpaired) electrons. The number of esters is 1. The summed E-state index contributed by atoms with van der Waals surface area (Å²) in [5.74, 6) is -2.51. The summed E-state index contributed by atoms with van der Waals surface area (Å²) in [6.45, 7) is 2.00. The molecule has 1 unspecified atom stereocenters. The van der Waals surface area contributed by atoms with Gasteiger partial charge in [-0.1, -0.05) is 6.92 Å². The molecule has 3 N–H and O–H groups in total. The fourth-order valence-electron chi connectivity index (χ4n) is 2.97. The number of carbonyl (C=O) groups is 2. The number of amides is 1. The van der Waals surface area contributed by atoms with Crippen molar-refractivity contribution in [2.45, 2.75) is 44.3 Å². The summed E-state index contributed by atoms with van der Waals surface area (Å²) in [5, 5.41) is 1.80. The Hall–Kier alpha value is -2.02. The Morgan fingerprint density at radius 3 is 2.24 bits per heavy atom. The van der Waals surface area contributed by atoms with E-state index in [1.54, 1.807) is 0 Å². The summed E-state index contributed by atoms with van der Waals surface area (Å²) in [5.41, 5.74) is -4.78. The molecule has 164 valence electrons. The van der Waals surface area contributed by atoms with Gasteiger partial charge in [-0.15, -0.1) is 11.3 Å². The number of methoxy groups -OCH3 is 1. The van der Waals surface area contributed by atoms with E-state index in [0.717, 1.165) is 24.3 Å². The van der Waals surface area contributed by atoms with Gasteiger partial charge in [-0.05, 0) is 5.56 Å². The second kappa shape index (κ2) is 8.01. The normalized spacial score (nSPS) is 17.5. The highest BCUT2D eigenvalue weighted by atomic mass is 32.1. The molecule has 0 aromatic carbocycles. The number of rotatable bonds is 5. The lowest BCUT2D eigenvalue weighted by molar-refractivity contribution is -0.895. The Morgan fingerprint density at radius 1 is 1.17 bits per heavy atom. The summed E-state index contributed by atoms with van der Waals surface area (Å²) in [6.07, 6.45) is -12.2. The van der Waals surface area contributed by atoms with E-state index in [9.17, 15) is 35.9 Å². The SMILES string of the molecule is CCC(=O)NC(Nc1sc2c(c1C(=O)OC)CC[NH+](C)C2)(C(F)(F)F)C(F)(F)F. The topological polar surface area (TPSA) is 71.9 Å². The largest absolute Gasteiger partial charge is 0.465 e. The minimum Gasteiger partial charge on any atom is -0.465 e. The van der Waals surface area contributed by atoms with Crippen molar-refractivity contribution in [2.24, 2.45) is 0 Å². The van der Waals surface area contributed by atoms with Crippen LogP contribution in [0.2, 0.25) is 0 Å². The second-order valence-corrected chi connectivity index (χ2v) is 7.71. The van der Waals surface area contributed by atoms with Crippen LogP contribution in [0.4, 0.5) is 31.3 Å². The smallest absolute Gasteiger partial charge is 0.439 e. The number of quaternary nitrogens is 1. The van der Waals surface area contributed by atoms with Crippen LogP contribution < -0.4 is 15.5 Å². The minimum absolute atomic E-state index is 0.288. The van der Waals surface area contributed by atoms with Gasteiger partial charge in [0, 0.05) is 12.8 Å². The molecular formula is C16H20F6N3O3S+. The van der Waals surface area contributed by atoms with Gasteiger partial charge in [0.2, 0.25) is 5.91 Å². The summed E-state index contributed by atoms with van der Waals surface area (Å²) >= 11 is 0.619. The van der Waals surface area contributed by atoms with Crippen LogP contribution in [0.25, 0.3) is 0 Å². The van der Waals surface area contributed by atoms with E-state index >= 15 is 0 Å². The number of anilines is 1. The quantitative estimate of drug-likeness (QED) is 0.366. The third kappa shape index (κ3) is 4.29.